The third kappa shape index (κ3) is 3.20. The molecule has 0 aliphatic rings. The van der Waals surface area contributed by atoms with Crippen LogP contribution in [0.4, 0.5) is 15.2 Å². The summed E-state index contributed by atoms with van der Waals surface area (Å²) in [6.07, 6.45) is 0. The van der Waals surface area contributed by atoms with Gasteiger partial charge in [-0.1, -0.05) is 23.5 Å². The van der Waals surface area contributed by atoms with E-state index in [0.717, 1.165) is 11.3 Å². The van der Waals surface area contributed by atoms with E-state index in [2.05, 4.69) is 4.98 Å². The van der Waals surface area contributed by atoms with Crippen molar-refractivity contribution in [3.8, 4) is 0 Å². The first-order valence-corrected chi connectivity index (χ1v) is 7.14. The molecule has 0 bridgehead atoms. The largest absolute Gasteiger partial charge is 0.477 e. The highest BCUT2D eigenvalue weighted by Crippen LogP contribution is 2.33. The summed E-state index contributed by atoms with van der Waals surface area (Å²) in [6, 6.07) is 6.33. The van der Waals surface area contributed by atoms with Crippen molar-refractivity contribution in [1.29, 1.82) is 0 Å². The summed E-state index contributed by atoms with van der Waals surface area (Å²) in [5, 5.41) is 9.64. The quantitative estimate of drug-likeness (QED) is 0.887. The lowest BCUT2D eigenvalue weighted by atomic mass is 10.3. The number of carboxylic acid groups (broad SMARTS) is 1. The van der Waals surface area contributed by atoms with Crippen LogP contribution < -0.4 is 4.90 Å². The number of thiazole rings is 1. The molecule has 1 aromatic heterocycles. The molecule has 5 nitrogen and oxygen atoms in total. The Morgan fingerprint density at radius 3 is 2.76 bits per heavy atom. The van der Waals surface area contributed by atoms with Crippen molar-refractivity contribution in [3.63, 3.8) is 0 Å². The van der Waals surface area contributed by atoms with E-state index in [0.29, 0.717) is 23.1 Å². The summed E-state index contributed by atoms with van der Waals surface area (Å²) < 4.78 is 18.9. The highest BCUT2D eigenvalue weighted by molar-refractivity contribution is 7.17. The van der Waals surface area contributed by atoms with Gasteiger partial charge in [-0.15, -0.1) is 0 Å². The molecule has 0 saturated heterocycles. The normalized spacial score (nSPS) is 10.6. The minimum atomic E-state index is -1.06. The van der Waals surface area contributed by atoms with Crippen LogP contribution in [-0.2, 0) is 11.3 Å². The number of aromatic carboxylic acids is 1. The SMILES string of the molecule is CCN(c1nc(COC)c(C(=O)O)s1)c1ccccc1F. The average molecular weight is 310 g/mol. The van der Waals surface area contributed by atoms with Gasteiger partial charge in [0.15, 0.2) is 5.13 Å². The van der Waals surface area contributed by atoms with Crippen molar-refractivity contribution < 1.29 is 19.0 Å². The predicted octanol–water partition coefficient (Wildman–Crippen LogP) is 3.28. The summed E-state index contributed by atoms with van der Waals surface area (Å²) in [7, 11) is 1.47. The Bertz CT molecular complexity index is 645. The molecule has 0 amide bonds. The lowest BCUT2D eigenvalue weighted by Crippen LogP contribution is -2.17. The molecule has 7 heteroatoms. The van der Waals surface area contributed by atoms with Crippen molar-refractivity contribution in [2.24, 2.45) is 0 Å². The van der Waals surface area contributed by atoms with E-state index in [1.54, 1.807) is 23.1 Å². The van der Waals surface area contributed by atoms with Crippen LogP contribution in [0.5, 0.6) is 0 Å². The number of nitrogens with zero attached hydrogens (tertiary/aromatic N) is 2. The van der Waals surface area contributed by atoms with Gasteiger partial charge in [-0.2, -0.15) is 0 Å². The van der Waals surface area contributed by atoms with Crippen LogP contribution in [-0.4, -0.2) is 29.7 Å². The zero-order valence-electron chi connectivity index (χ0n) is 11.7. The molecule has 0 aliphatic heterocycles. The Balaban J connectivity index is 2.46. The molecule has 1 aromatic carbocycles. The summed E-state index contributed by atoms with van der Waals surface area (Å²) in [5.41, 5.74) is 0.717. The maximum absolute atomic E-state index is 13.9. The van der Waals surface area contributed by atoms with E-state index in [9.17, 15) is 14.3 Å². The molecule has 21 heavy (non-hydrogen) atoms. The molecule has 1 heterocycles. The van der Waals surface area contributed by atoms with Crippen LogP contribution >= 0.6 is 11.3 Å². The van der Waals surface area contributed by atoms with Crippen molar-refractivity contribution in [3.05, 3.63) is 40.7 Å². The molecule has 0 saturated carbocycles. The number of carbonyl (C=O) groups is 1. The first-order chi connectivity index (χ1) is 10.1. The molecule has 2 rings (SSSR count). The molecule has 2 aromatic rings. The van der Waals surface area contributed by atoms with Crippen molar-refractivity contribution in [2.45, 2.75) is 13.5 Å². The monoisotopic (exact) mass is 310 g/mol. The number of benzene rings is 1. The fourth-order valence-corrected chi connectivity index (χ4v) is 2.92. The molecule has 0 fully saturated rings. The van der Waals surface area contributed by atoms with Gasteiger partial charge < -0.3 is 14.7 Å². The highest BCUT2D eigenvalue weighted by atomic mass is 32.1. The maximum Gasteiger partial charge on any atom is 0.347 e. The summed E-state index contributed by atoms with van der Waals surface area (Å²) in [6.45, 7) is 2.43. The molecule has 112 valence electrons. The van der Waals surface area contributed by atoms with Gasteiger partial charge in [0.25, 0.3) is 0 Å². The fraction of sp³-hybridized carbons (Fsp3) is 0.286. The van der Waals surface area contributed by atoms with Crippen molar-refractivity contribution >= 4 is 28.1 Å². The summed E-state index contributed by atoms with van der Waals surface area (Å²) in [5.74, 6) is -1.44. The molecular formula is C14H15FN2O3S. The van der Waals surface area contributed by atoms with Crippen LogP contribution in [0.1, 0.15) is 22.3 Å². The molecular weight excluding hydrogens is 295 g/mol. The maximum atomic E-state index is 13.9. The Labute approximate surface area is 125 Å². The molecule has 0 spiro atoms. The number of hydrogen-bond donors (Lipinski definition) is 1. The number of para-hydroxylation sites is 1. The zero-order chi connectivity index (χ0) is 15.4. The molecule has 0 unspecified atom stereocenters. The standard InChI is InChI=1S/C14H15FN2O3S/c1-3-17(11-7-5-4-6-9(11)15)14-16-10(8-20-2)12(21-14)13(18)19/h4-7H,3,8H2,1-2H3,(H,18,19). The lowest BCUT2D eigenvalue weighted by Gasteiger charge is -2.20. The topological polar surface area (TPSA) is 62.7 Å². The number of carboxylic acids is 1. The Morgan fingerprint density at radius 2 is 2.19 bits per heavy atom. The number of methoxy groups -OCH3 is 1. The highest BCUT2D eigenvalue weighted by Gasteiger charge is 2.22. The van der Waals surface area contributed by atoms with E-state index in [4.69, 9.17) is 4.74 Å². The summed E-state index contributed by atoms with van der Waals surface area (Å²) in [4.78, 5) is 17.3. The van der Waals surface area contributed by atoms with E-state index in [1.165, 1.54) is 13.2 Å². The number of anilines is 2. The van der Waals surface area contributed by atoms with Gasteiger partial charge in [0.2, 0.25) is 0 Å². The van der Waals surface area contributed by atoms with Gasteiger partial charge in [0.05, 0.1) is 18.0 Å². The number of rotatable bonds is 6. The van der Waals surface area contributed by atoms with Crippen molar-refractivity contribution in [1.82, 2.24) is 4.98 Å². The zero-order valence-corrected chi connectivity index (χ0v) is 12.5. The van der Waals surface area contributed by atoms with Gasteiger partial charge in [0, 0.05) is 13.7 Å². The smallest absolute Gasteiger partial charge is 0.347 e. The van der Waals surface area contributed by atoms with Gasteiger partial charge in [-0.05, 0) is 19.1 Å². The minimum Gasteiger partial charge on any atom is -0.477 e. The van der Waals surface area contributed by atoms with E-state index >= 15 is 0 Å². The Kier molecular flexibility index (Phi) is 4.87. The van der Waals surface area contributed by atoms with E-state index < -0.39 is 5.97 Å². The third-order valence-corrected chi connectivity index (χ3v) is 3.96. The second kappa shape index (κ2) is 6.64. The number of ether oxygens (including phenoxy) is 1. The first-order valence-electron chi connectivity index (χ1n) is 6.32. The van der Waals surface area contributed by atoms with Crippen LogP contribution in [0, 0.1) is 5.82 Å². The first kappa shape index (κ1) is 15.4. The molecule has 0 aliphatic carbocycles. The van der Waals surface area contributed by atoms with E-state index in [1.807, 2.05) is 6.92 Å². The van der Waals surface area contributed by atoms with Crippen LogP contribution in [0.2, 0.25) is 0 Å². The van der Waals surface area contributed by atoms with Gasteiger partial charge in [-0.3, -0.25) is 0 Å². The minimum absolute atomic E-state index is 0.104. The summed E-state index contributed by atoms with van der Waals surface area (Å²) >= 11 is 1.01. The third-order valence-electron chi connectivity index (χ3n) is 2.85. The molecule has 0 radical (unpaired) electrons. The van der Waals surface area contributed by atoms with E-state index in [-0.39, 0.29) is 17.3 Å². The number of hydrogen-bond acceptors (Lipinski definition) is 5. The van der Waals surface area contributed by atoms with Gasteiger partial charge in [0.1, 0.15) is 10.7 Å². The second-order valence-corrected chi connectivity index (χ2v) is 5.18. The van der Waals surface area contributed by atoms with Crippen LogP contribution in [0.25, 0.3) is 0 Å². The number of halogens is 1. The predicted molar refractivity (Wildman–Crippen MR) is 78.9 cm³/mol. The molecule has 0 atom stereocenters. The molecule has 1 N–H and O–H groups in total. The number of aromatic nitrogens is 1. The Morgan fingerprint density at radius 1 is 1.48 bits per heavy atom. The average Bonchev–Trinajstić information content (AvgIpc) is 2.86. The van der Waals surface area contributed by atoms with Gasteiger partial charge in [-0.25, -0.2) is 14.2 Å². The van der Waals surface area contributed by atoms with Crippen molar-refractivity contribution in [2.75, 3.05) is 18.6 Å². The fourth-order valence-electron chi connectivity index (χ4n) is 1.94. The lowest BCUT2D eigenvalue weighted by molar-refractivity contribution is 0.0697. The van der Waals surface area contributed by atoms with Gasteiger partial charge >= 0.3 is 5.97 Å². The second-order valence-electron chi connectivity index (χ2n) is 4.21. The van der Waals surface area contributed by atoms with Crippen LogP contribution in [0.3, 0.4) is 0 Å². The Hall–Kier alpha value is -1.99. The van der Waals surface area contributed by atoms with Crippen LogP contribution in [0.15, 0.2) is 24.3 Å².